The van der Waals surface area contributed by atoms with E-state index in [-0.39, 0.29) is 6.10 Å². The van der Waals surface area contributed by atoms with Gasteiger partial charge >= 0.3 is 0 Å². The van der Waals surface area contributed by atoms with Crippen molar-refractivity contribution in [1.82, 2.24) is 10.2 Å². The number of ether oxygens (including phenoxy) is 5. The van der Waals surface area contributed by atoms with E-state index in [0.29, 0.717) is 52.3 Å². The molecule has 1 aromatic carbocycles. The summed E-state index contributed by atoms with van der Waals surface area (Å²) in [6.45, 7) is 8.17. The normalized spacial score (nSPS) is 17.8. The molecular weight excluding hydrogens is 398 g/mol. The minimum atomic E-state index is 0.284. The highest BCUT2D eigenvalue weighted by Gasteiger charge is 2.25. The largest absolute Gasteiger partial charge is 0.383 e. The zero-order chi connectivity index (χ0) is 22.2. The van der Waals surface area contributed by atoms with Crippen molar-refractivity contribution in [2.75, 3.05) is 99.0 Å². The molecule has 1 heterocycles. The van der Waals surface area contributed by atoms with Crippen molar-refractivity contribution in [1.29, 1.82) is 0 Å². The monoisotopic (exact) mass is 439 g/mol. The molecule has 1 aliphatic heterocycles. The molecule has 0 radical (unpaired) electrons. The third kappa shape index (κ3) is 10.7. The number of hydrogen-bond acceptors (Lipinski definition) is 8. The van der Waals surface area contributed by atoms with E-state index < -0.39 is 0 Å². The minimum Gasteiger partial charge on any atom is -0.383 e. The summed E-state index contributed by atoms with van der Waals surface area (Å²) in [5, 5.41) is 6.81. The first-order valence-corrected chi connectivity index (χ1v) is 11.2. The molecule has 0 saturated carbocycles. The molecule has 0 spiro atoms. The summed E-state index contributed by atoms with van der Waals surface area (Å²) in [6, 6.07) is 8.95. The van der Waals surface area contributed by atoms with Gasteiger partial charge in [-0.15, -0.1) is 0 Å². The minimum absolute atomic E-state index is 0.284. The highest BCUT2D eigenvalue weighted by atomic mass is 16.6. The second kappa shape index (κ2) is 16.4. The molecule has 1 unspecified atom stereocenters. The fourth-order valence-corrected chi connectivity index (χ4v) is 3.59. The fourth-order valence-electron chi connectivity index (χ4n) is 3.59. The van der Waals surface area contributed by atoms with Crippen molar-refractivity contribution in [3.63, 3.8) is 0 Å². The summed E-state index contributed by atoms with van der Waals surface area (Å²) >= 11 is 0. The molecule has 31 heavy (non-hydrogen) atoms. The molecule has 0 aliphatic carbocycles. The number of likely N-dealkylation sites (tertiary alicyclic amines) is 1. The Balaban J connectivity index is 1.60. The van der Waals surface area contributed by atoms with Crippen molar-refractivity contribution in [2.45, 2.75) is 18.6 Å². The van der Waals surface area contributed by atoms with Crippen LogP contribution in [0.2, 0.25) is 0 Å². The Hall–Kier alpha value is -1.26. The number of likely N-dealkylation sites (N-methyl/N-ethyl adjacent to an activating group) is 1. The lowest BCUT2D eigenvalue weighted by atomic mass is 10.1. The van der Waals surface area contributed by atoms with Crippen LogP contribution < -0.4 is 10.6 Å². The molecule has 0 bridgehead atoms. The average Bonchev–Trinajstić information content (AvgIpc) is 3.24. The van der Waals surface area contributed by atoms with Gasteiger partial charge in [0.2, 0.25) is 0 Å². The van der Waals surface area contributed by atoms with Gasteiger partial charge < -0.3 is 34.3 Å². The summed E-state index contributed by atoms with van der Waals surface area (Å²) in [7, 11) is 5.41. The highest BCUT2D eigenvalue weighted by Crippen LogP contribution is 2.20. The predicted molar refractivity (Wildman–Crippen MR) is 123 cm³/mol. The number of methoxy groups -OCH3 is 2. The highest BCUT2D eigenvalue weighted by molar-refractivity contribution is 5.45. The lowest BCUT2D eigenvalue weighted by Gasteiger charge is -2.24. The fraction of sp³-hybridized carbons (Fsp3) is 0.739. The Morgan fingerprint density at radius 1 is 0.935 bits per heavy atom. The molecule has 0 amide bonds. The Labute approximate surface area is 187 Å². The Morgan fingerprint density at radius 2 is 1.61 bits per heavy atom. The molecule has 8 heteroatoms. The van der Waals surface area contributed by atoms with Crippen LogP contribution in [0, 0.1) is 0 Å². The molecule has 8 nitrogen and oxygen atoms in total. The first-order chi connectivity index (χ1) is 15.3. The third-order valence-electron chi connectivity index (χ3n) is 5.35. The van der Waals surface area contributed by atoms with E-state index >= 15 is 0 Å². The summed E-state index contributed by atoms with van der Waals surface area (Å²) in [5.74, 6) is 0. The maximum atomic E-state index is 6.00. The van der Waals surface area contributed by atoms with Gasteiger partial charge in [-0.1, -0.05) is 12.1 Å². The van der Waals surface area contributed by atoms with Crippen molar-refractivity contribution >= 4 is 5.69 Å². The van der Waals surface area contributed by atoms with Gasteiger partial charge in [-0.2, -0.15) is 0 Å². The molecule has 1 aromatic rings. The van der Waals surface area contributed by atoms with Gasteiger partial charge in [0.15, 0.2) is 0 Å². The molecule has 178 valence electrons. The molecule has 1 saturated heterocycles. The van der Waals surface area contributed by atoms with Crippen molar-refractivity contribution < 1.29 is 23.7 Å². The van der Waals surface area contributed by atoms with E-state index in [2.05, 4.69) is 39.8 Å². The van der Waals surface area contributed by atoms with Gasteiger partial charge in [0.05, 0.1) is 52.4 Å². The topological polar surface area (TPSA) is 73.5 Å². The number of nitrogens with zero attached hydrogens (tertiary/aromatic N) is 1. The Kier molecular flexibility index (Phi) is 13.7. The molecule has 1 fully saturated rings. The van der Waals surface area contributed by atoms with E-state index in [1.807, 2.05) is 7.05 Å². The van der Waals surface area contributed by atoms with Gasteiger partial charge in [0.1, 0.15) is 0 Å². The summed E-state index contributed by atoms with van der Waals surface area (Å²) < 4.78 is 26.9. The third-order valence-corrected chi connectivity index (χ3v) is 5.35. The van der Waals surface area contributed by atoms with Crippen LogP contribution in [0.15, 0.2) is 24.3 Å². The lowest BCUT2D eigenvalue weighted by molar-refractivity contribution is -0.0137. The SMILES string of the molecule is CNC(CN1CC[C@H](OCCOCCOCCOC)C1)c1ccc(NCCOC)cc1. The van der Waals surface area contributed by atoms with Gasteiger partial charge in [-0.3, -0.25) is 4.90 Å². The zero-order valence-corrected chi connectivity index (χ0v) is 19.4. The molecule has 2 rings (SSSR count). The van der Waals surface area contributed by atoms with Crippen molar-refractivity contribution in [2.24, 2.45) is 0 Å². The molecular formula is C23H41N3O5. The van der Waals surface area contributed by atoms with Gasteiger partial charge in [-0.25, -0.2) is 0 Å². The van der Waals surface area contributed by atoms with Crippen LogP contribution in [-0.4, -0.2) is 105 Å². The number of benzene rings is 1. The number of rotatable bonds is 18. The quantitative estimate of drug-likeness (QED) is 0.336. The smallest absolute Gasteiger partial charge is 0.0715 e. The van der Waals surface area contributed by atoms with Crippen LogP contribution in [0.25, 0.3) is 0 Å². The van der Waals surface area contributed by atoms with Crippen molar-refractivity contribution in [3.8, 4) is 0 Å². The van der Waals surface area contributed by atoms with E-state index in [1.54, 1.807) is 14.2 Å². The van der Waals surface area contributed by atoms with Crippen molar-refractivity contribution in [3.05, 3.63) is 29.8 Å². The van der Waals surface area contributed by atoms with E-state index in [0.717, 1.165) is 38.3 Å². The maximum Gasteiger partial charge on any atom is 0.0715 e. The number of nitrogens with one attached hydrogen (secondary N) is 2. The standard InChI is InChI=1S/C23H41N3O5/c1-24-23(20-4-6-21(7-5-20)25-9-11-27-2)19-26-10-8-22(18-26)31-17-16-30-15-14-29-13-12-28-3/h4-7,22-25H,8-19H2,1-3H3/t22-,23?/m0/s1. The molecule has 2 atom stereocenters. The van der Waals surface area contributed by atoms with E-state index in [1.165, 1.54) is 5.56 Å². The summed E-state index contributed by atoms with van der Waals surface area (Å²) in [4.78, 5) is 2.47. The van der Waals surface area contributed by atoms with Gasteiger partial charge in [0, 0.05) is 52.1 Å². The van der Waals surface area contributed by atoms with Crippen LogP contribution in [0.3, 0.4) is 0 Å². The van der Waals surface area contributed by atoms with Crippen LogP contribution >= 0.6 is 0 Å². The van der Waals surface area contributed by atoms with Crippen LogP contribution in [-0.2, 0) is 23.7 Å². The summed E-state index contributed by atoms with van der Waals surface area (Å²) in [6.07, 6.45) is 1.35. The maximum absolute atomic E-state index is 6.00. The number of anilines is 1. The summed E-state index contributed by atoms with van der Waals surface area (Å²) in [5.41, 5.74) is 2.42. The van der Waals surface area contributed by atoms with Crippen LogP contribution in [0.4, 0.5) is 5.69 Å². The first kappa shape index (κ1) is 26.0. The van der Waals surface area contributed by atoms with Crippen LogP contribution in [0.5, 0.6) is 0 Å². The second-order valence-corrected chi connectivity index (χ2v) is 7.64. The first-order valence-electron chi connectivity index (χ1n) is 11.2. The molecule has 1 aliphatic rings. The van der Waals surface area contributed by atoms with Crippen LogP contribution in [0.1, 0.15) is 18.0 Å². The molecule has 2 N–H and O–H groups in total. The average molecular weight is 440 g/mol. The Bertz CT molecular complexity index is 561. The lowest BCUT2D eigenvalue weighted by Crippen LogP contribution is -2.33. The van der Waals surface area contributed by atoms with E-state index in [4.69, 9.17) is 23.7 Å². The Morgan fingerprint density at radius 3 is 2.29 bits per heavy atom. The molecule has 0 aromatic heterocycles. The second-order valence-electron chi connectivity index (χ2n) is 7.64. The zero-order valence-electron chi connectivity index (χ0n) is 19.4. The van der Waals surface area contributed by atoms with E-state index in [9.17, 15) is 0 Å². The predicted octanol–water partition coefficient (Wildman–Crippen LogP) is 1.78. The van der Waals surface area contributed by atoms with Gasteiger partial charge in [0.25, 0.3) is 0 Å². The van der Waals surface area contributed by atoms with Gasteiger partial charge in [-0.05, 0) is 31.2 Å². The number of hydrogen-bond donors (Lipinski definition) is 2.